The number of nitrogens with zero attached hydrogens (tertiary/aromatic N) is 1. The number of hydrogen-bond donors (Lipinski definition) is 1. The smallest absolute Gasteiger partial charge is 0.255 e. The lowest BCUT2D eigenvalue weighted by atomic mass is 9.88. The van der Waals surface area contributed by atoms with Crippen LogP contribution >= 0.6 is 11.6 Å². The summed E-state index contributed by atoms with van der Waals surface area (Å²) in [7, 11) is 0. The van der Waals surface area contributed by atoms with E-state index < -0.39 is 17.6 Å². The monoisotopic (exact) mass is 450 g/mol. The molecule has 8 heteroatoms. The molecule has 160 valence electrons. The molecule has 1 fully saturated rings. The number of piperidine rings is 1. The van der Waals surface area contributed by atoms with E-state index in [0.717, 1.165) is 0 Å². The van der Waals surface area contributed by atoms with Crippen molar-refractivity contribution < 1.29 is 18.4 Å². The molecule has 6 nitrogen and oxygen atoms in total. The van der Waals surface area contributed by atoms with E-state index in [1.165, 1.54) is 29.2 Å². The molecular formula is C24H16ClFN2O4. The predicted octanol–water partition coefficient (Wildman–Crippen LogP) is 4.56. The van der Waals surface area contributed by atoms with Crippen LogP contribution in [0.2, 0.25) is 5.02 Å². The molecule has 0 aliphatic carbocycles. The molecule has 32 heavy (non-hydrogen) atoms. The van der Waals surface area contributed by atoms with E-state index in [1.807, 2.05) is 0 Å². The Hall–Kier alpha value is -3.71. The number of carbonyl (C=O) groups is 2. The van der Waals surface area contributed by atoms with Crippen molar-refractivity contribution in [3.8, 4) is 16.8 Å². The zero-order valence-corrected chi connectivity index (χ0v) is 17.4. The molecule has 1 saturated heterocycles. The minimum absolute atomic E-state index is 0.206. The van der Waals surface area contributed by atoms with E-state index >= 15 is 4.39 Å². The zero-order valence-electron chi connectivity index (χ0n) is 16.6. The Morgan fingerprint density at radius 1 is 1.09 bits per heavy atom. The van der Waals surface area contributed by atoms with Gasteiger partial charge in [0, 0.05) is 41.3 Å². The molecule has 1 N–H and O–H groups in total. The Labute approximate surface area is 186 Å². The van der Waals surface area contributed by atoms with E-state index in [0.29, 0.717) is 28.5 Å². The van der Waals surface area contributed by atoms with Crippen molar-refractivity contribution in [2.45, 2.75) is 18.8 Å². The van der Waals surface area contributed by atoms with E-state index in [-0.39, 0.29) is 34.2 Å². The van der Waals surface area contributed by atoms with Crippen LogP contribution in [0.4, 0.5) is 4.39 Å². The van der Waals surface area contributed by atoms with Crippen LogP contribution in [0.3, 0.4) is 0 Å². The first-order chi connectivity index (χ1) is 15.5. The van der Waals surface area contributed by atoms with Gasteiger partial charge in [0.2, 0.25) is 11.8 Å². The molecule has 1 aliphatic heterocycles. The summed E-state index contributed by atoms with van der Waals surface area (Å²) in [6, 6.07) is 12.6. The Bertz CT molecular complexity index is 1460. The van der Waals surface area contributed by atoms with Crippen molar-refractivity contribution in [2.24, 2.45) is 0 Å². The van der Waals surface area contributed by atoms with Gasteiger partial charge in [-0.15, -0.1) is 0 Å². The van der Waals surface area contributed by atoms with Crippen LogP contribution in [0.25, 0.3) is 27.8 Å². The highest BCUT2D eigenvalue weighted by Crippen LogP contribution is 2.42. The lowest BCUT2D eigenvalue weighted by molar-refractivity contribution is -0.134. The molecule has 1 aliphatic rings. The summed E-state index contributed by atoms with van der Waals surface area (Å²) >= 11 is 6.68. The lowest BCUT2D eigenvalue weighted by Crippen LogP contribution is -2.39. The summed E-state index contributed by atoms with van der Waals surface area (Å²) in [5.74, 6) is -1.94. The van der Waals surface area contributed by atoms with Gasteiger partial charge in [-0.05, 0) is 24.1 Å². The molecule has 5 rings (SSSR count). The number of amides is 2. The zero-order chi connectivity index (χ0) is 22.4. The van der Waals surface area contributed by atoms with E-state index in [2.05, 4.69) is 5.32 Å². The first kappa shape index (κ1) is 20.2. The molecule has 0 unspecified atom stereocenters. The molecule has 0 radical (unpaired) electrons. The summed E-state index contributed by atoms with van der Waals surface area (Å²) in [6.45, 7) is 0. The molecule has 2 amide bonds. The van der Waals surface area contributed by atoms with Crippen LogP contribution in [0.5, 0.6) is 0 Å². The van der Waals surface area contributed by atoms with Crippen molar-refractivity contribution >= 4 is 34.4 Å². The maximum Gasteiger partial charge on any atom is 0.255 e. The Morgan fingerprint density at radius 3 is 2.72 bits per heavy atom. The Balaban J connectivity index is 1.70. The average molecular weight is 451 g/mol. The van der Waals surface area contributed by atoms with Gasteiger partial charge in [0.15, 0.2) is 5.58 Å². The molecule has 3 heterocycles. The van der Waals surface area contributed by atoms with Gasteiger partial charge in [0.1, 0.15) is 5.82 Å². The summed E-state index contributed by atoms with van der Waals surface area (Å²) in [4.78, 5) is 36.2. The van der Waals surface area contributed by atoms with E-state index in [1.54, 1.807) is 36.4 Å². The first-order valence-electron chi connectivity index (χ1n) is 9.96. The van der Waals surface area contributed by atoms with Crippen LogP contribution in [-0.4, -0.2) is 16.4 Å². The topological polar surface area (TPSA) is 81.3 Å². The Kier molecular flexibility index (Phi) is 4.90. The Morgan fingerprint density at radius 2 is 1.94 bits per heavy atom. The number of aromatic nitrogens is 1. The third-order valence-corrected chi connectivity index (χ3v) is 6.09. The van der Waals surface area contributed by atoms with E-state index in [9.17, 15) is 14.4 Å². The van der Waals surface area contributed by atoms with Gasteiger partial charge in [-0.3, -0.25) is 24.3 Å². The quantitative estimate of drug-likeness (QED) is 0.464. The fraction of sp³-hybridized carbons (Fsp3) is 0.125. The van der Waals surface area contributed by atoms with Gasteiger partial charge in [-0.2, -0.15) is 0 Å². The normalized spacial score (nSPS) is 16.4. The highest BCUT2D eigenvalue weighted by Gasteiger charge is 2.31. The maximum absolute atomic E-state index is 15.5. The van der Waals surface area contributed by atoms with Crippen molar-refractivity contribution in [1.29, 1.82) is 0 Å². The molecule has 2 aromatic carbocycles. The third kappa shape index (κ3) is 3.22. The number of imide groups is 1. The molecule has 0 spiro atoms. The number of halogens is 2. The third-order valence-electron chi connectivity index (χ3n) is 5.66. The maximum atomic E-state index is 15.5. The van der Waals surface area contributed by atoms with Crippen molar-refractivity contribution in [3.63, 3.8) is 0 Å². The van der Waals surface area contributed by atoms with Crippen LogP contribution in [-0.2, 0) is 9.59 Å². The number of pyridine rings is 1. The second-order valence-corrected chi connectivity index (χ2v) is 7.92. The largest absolute Gasteiger partial charge is 0.462 e. The highest BCUT2D eigenvalue weighted by atomic mass is 35.5. The number of rotatable bonds is 3. The van der Waals surface area contributed by atoms with Gasteiger partial charge in [-0.25, -0.2) is 4.39 Å². The number of nitrogens with one attached hydrogen (secondary N) is 1. The highest BCUT2D eigenvalue weighted by molar-refractivity contribution is 6.35. The standard InChI is InChI=1S/C24H16ClFN2O4/c25-22-13(14-7-8-19(29)27-24(14)31)4-3-5-15(22)21-16-9-11-32-23(16)18(12-17(21)26)28-10-2-1-6-20(28)30/h1-6,9-12,14H,7-8H2,(H,27,29,31)/t14-/m0/s1. The fourth-order valence-corrected chi connectivity index (χ4v) is 4.52. The number of fused-ring (bicyclic) bond motifs is 1. The summed E-state index contributed by atoms with van der Waals surface area (Å²) in [6.07, 6.45) is 3.49. The minimum atomic E-state index is -0.606. The van der Waals surface area contributed by atoms with Crippen molar-refractivity contribution in [3.05, 3.63) is 87.7 Å². The van der Waals surface area contributed by atoms with E-state index in [4.69, 9.17) is 16.0 Å². The predicted molar refractivity (Wildman–Crippen MR) is 117 cm³/mol. The van der Waals surface area contributed by atoms with Crippen LogP contribution in [0.15, 0.2) is 70.2 Å². The van der Waals surface area contributed by atoms with Gasteiger partial charge in [0.05, 0.1) is 22.9 Å². The molecular weight excluding hydrogens is 435 g/mol. The minimum Gasteiger partial charge on any atom is -0.462 e. The fourth-order valence-electron chi connectivity index (χ4n) is 4.17. The van der Waals surface area contributed by atoms with Gasteiger partial charge in [-0.1, -0.05) is 35.9 Å². The molecule has 2 aromatic heterocycles. The van der Waals surface area contributed by atoms with Gasteiger partial charge in [0.25, 0.3) is 5.56 Å². The van der Waals surface area contributed by atoms with Crippen LogP contribution in [0.1, 0.15) is 24.3 Å². The summed E-state index contributed by atoms with van der Waals surface area (Å²) in [5, 5.41) is 3.00. The number of carbonyl (C=O) groups excluding carboxylic acids is 2. The summed E-state index contributed by atoms with van der Waals surface area (Å²) < 4.78 is 22.4. The van der Waals surface area contributed by atoms with Crippen molar-refractivity contribution in [2.75, 3.05) is 0 Å². The molecule has 1 atom stereocenters. The van der Waals surface area contributed by atoms with Gasteiger partial charge >= 0.3 is 0 Å². The molecule has 0 saturated carbocycles. The second kappa shape index (κ2) is 7.76. The number of benzene rings is 2. The molecule has 4 aromatic rings. The number of hydrogen-bond acceptors (Lipinski definition) is 4. The van der Waals surface area contributed by atoms with Crippen LogP contribution in [0, 0.1) is 5.82 Å². The van der Waals surface area contributed by atoms with Crippen molar-refractivity contribution in [1.82, 2.24) is 9.88 Å². The van der Waals surface area contributed by atoms with Crippen LogP contribution < -0.4 is 10.9 Å². The average Bonchev–Trinajstić information content (AvgIpc) is 3.25. The lowest BCUT2D eigenvalue weighted by Gasteiger charge is -2.23. The molecule has 0 bridgehead atoms. The SMILES string of the molecule is O=C1CC[C@@H](c2cccc(-c3c(F)cc(-n4ccccc4=O)c4occc34)c2Cl)C(=O)N1. The summed E-state index contributed by atoms with van der Waals surface area (Å²) in [5.41, 5.74) is 1.40. The number of furan rings is 1. The van der Waals surface area contributed by atoms with Gasteiger partial charge < -0.3 is 4.42 Å². The second-order valence-electron chi connectivity index (χ2n) is 7.54. The first-order valence-corrected chi connectivity index (χ1v) is 10.3.